The molecule has 0 saturated carbocycles. The molecule has 0 aliphatic rings. The van der Waals surface area contributed by atoms with Crippen LogP contribution in [0, 0.1) is 0 Å². The molecular weight excluding hydrogens is 340 g/mol. The fourth-order valence-corrected chi connectivity index (χ4v) is 1.78. The van der Waals surface area contributed by atoms with Crippen LogP contribution in [0.1, 0.15) is 61.8 Å². The van der Waals surface area contributed by atoms with Gasteiger partial charge in [-0.2, -0.15) is 0 Å². The maximum atomic E-state index is 10.2. The Balaban J connectivity index is -0.000000133. The number of halogens is 1. The van der Waals surface area contributed by atoms with Crippen LogP contribution in [0.15, 0.2) is 11.6 Å². The highest BCUT2D eigenvalue weighted by Gasteiger charge is 1.99. The third-order valence-electron chi connectivity index (χ3n) is 3.79. The van der Waals surface area contributed by atoms with Gasteiger partial charge in [0.05, 0.1) is 6.10 Å². The molecule has 0 aliphatic carbocycles. The number of carboxylic acid groups (broad SMARTS) is 1. The standard InChI is InChI=1S/C7H12O3.2C6H15N.ClH/c1-5(7(9)10)3-4-6(2)8;2*1-4-7(5-2)6-3;/h3,6,8H,4H2,1-2H3,(H,9,10);2*4-6H2,1-3H3;1H. The van der Waals surface area contributed by atoms with E-state index in [1.807, 2.05) is 0 Å². The molecule has 5 nitrogen and oxygen atoms in total. The van der Waals surface area contributed by atoms with Crippen molar-refractivity contribution in [1.29, 1.82) is 0 Å². The second kappa shape index (κ2) is 23.4. The van der Waals surface area contributed by atoms with Gasteiger partial charge in [-0.25, -0.2) is 4.79 Å². The number of hydrogen-bond acceptors (Lipinski definition) is 4. The van der Waals surface area contributed by atoms with Gasteiger partial charge in [0.25, 0.3) is 0 Å². The van der Waals surface area contributed by atoms with E-state index in [2.05, 4.69) is 51.3 Å². The molecule has 6 heteroatoms. The molecule has 0 spiro atoms. The van der Waals surface area contributed by atoms with Gasteiger partial charge < -0.3 is 20.0 Å². The zero-order valence-electron chi connectivity index (χ0n) is 17.7. The lowest BCUT2D eigenvalue weighted by Crippen LogP contribution is -2.21. The largest absolute Gasteiger partial charge is 0.478 e. The van der Waals surface area contributed by atoms with E-state index >= 15 is 0 Å². The minimum absolute atomic E-state index is 0. The fraction of sp³-hybridized carbons (Fsp3) is 0.842. The lowest BCUT2D eigenvalue weighted by atomic mass is 10.2. The van der Waals surface area contributed by atoms with E-state index in [1.54, 1.807) is 6.92 Å². The fourth-order valence-electron chi connectivity index (χ4n) is 1.78. The summed E-state index contributed by atoms with van der Waals surface area (Å²) in [6.07, 6.45) is 1.44. The summed E-state index contributed by atoms with van der Waals surface area (Å²) in [5.41, 5.74) is 0.279. The Morgan fingerprint density at radius 3 is 1.28 bits per heavy atom. The van der Waals surface area contributed by atoms with Crippen LogP contribution < -0.4 is 0 Å². The number of hydrogen-bond donors (Lipinski definition) is 2. The maximum Gasteiger partial charge on any atom is 0.330 e. The summed E-state index contributed by atoms with van der Waals surface area (Å²) >= 11 is 0. The Morgan fingerprint density at radius 2 is 1.16 bits per heavy atom. The van der Waals surface area contributed by atoms with Crippen LogP contribution in [0.4, 0.5) is 0 Å². The molecule has 0 aliphatic heterocycles. The number of carboxylic acids is 1. The molecule has 2 N–H and O–H groups in total. The molecule has 0 saturated heterocycles. The predicted molar refractivity (Wildman–Crippen MR) is 112 cm³/mol. The van der Waals surface area contributed by atoms with Crippen molar-refractivity contribution in [1.82, 2.24) is 9.80 Å². The third-order valence-corrected chi connectivity index (χ3v) is 3.79. The zero-order valence-corrected chi connectivity index (χ0v) is 18.5. The number of aliphatic carboxylic acids is 1. The minimum atomic E-state index is -0.930. The van der Waals surface area contributed by atoms with E-state index in [0.29, 0.717) is 6.42 Å². The zero-order chi connectivity index (χ0) is 19.5. The van der Waals surface area contributed by atoms with Crippen molar-refractivity contribution in [3.8, 4) is 0 Å². The van der Waals surface area contributed by atoms with Gasteiger partial charge in [0.1, 0.15) is 0 Å². The van der Waals surface area contributed by atoms with E-state index in [9.17, 15) is 4.79 Å². The van der Waals surface area contributed by atoms with Crippen molar-refractivity contribution in [2.75, 3.05) is 39.3 Å². The number of aliphatic hydroxyl groups excluding tert-OH is 1. The Hall–Kier alpha value is -0.620. The van der Waals surface area contributed by atoms with Crippen molar-refractivity contribution >= 4 is 18.4 Å². The molecule has 1 atom stereocenters. The lowest BCUT2D eigenvalue weighted by Gasteiger charge is -2.13. The van der Waals surface area contributed by atoms with Gasteiger partial charge in [0.15, 0.2) is 0 Å². The molecule has 25 heavy (non-hydrogen) atoms. The van der Waals surface area contributed by atoms with Crippen LogP contribution in [-0.4, -0.2) is 71.4 Å². The van der Waals surface area contributed by atoms with Crippen LogP contribution in [0.2, 0.25) is 0 Å². The van der Waals surface area contributed by atoms with Crippen LogP contribution in [0.5, 0.6) is 0 Å². The third kappa shape index (κ3) is 25.7. The minimum Gasteiger partial charge on any atom is -0.478 e. The van der Waals surface area contributed by atoms with Gasteiger partial charge >= 0.3 is 5.97 Å². The summed E-state index contributed by atoms with van der Waals surface area (Å²) in [7, 11) is 0. The Bertz CT molecular complexity index is 280. The average Bonchev–Trinajstić information content (AvgIpc) is 2.57. The van der Waals surface area contributed by atoms with Crippen LogP contribution in [0.25, 0.3) is 0 Å². The van der Waals surface area contributed by atoms with Gasteiger partial charge in [-0.3, -0.25) is 0 Å². The Kier molecular flexibility index (Phi) is 30.0. The van der Waals surface area contributed by atoms with Crippen molar-refractivity contribution in [3.05, 3.63) is 11.6 Å². The monoisotopic (exact) mass is 382 g/mol. The molecule has 0 amide bonds. The number of carbonyl (C=O) groups is 1. The summed E-state index contributed by atoms with van der Waals surface area (Å²) in [4.78, 5) is 14.9. The van der Waals surface area contributed by atoms with Gasteiger partial charge in [-0.1, -0.05) is 47.6 Å². The van der Waals surface area contributed by atoms with Gasteiger partial charge in [-0.15, -0.1) is 12.4 Å². The van der Waals surface area contributed by atoms with Crippen molar-refractivity contribution in [2.45, 2.75) is 67.9 Å². The van der Waals surface area contributed by atoms with Gasteiger partial charge in [0.2, 0.25) is 0 Å². The molecule has 154 valence electrons. The molecule has 0 aromatic heterocycles. The second-order valence-corrected chi connectivity index (χ2v) is 5.52. The molecule has 0 bridgehead atoms. The highest BCUT2D eigenvalue weighted by atomic mass is 35.5. The summed E-state index contributed by atoms with van der Waals surface area (Å²) in [5, 5.41) is 17.1. The van der Waals surface area contributed by atoms with Crippen LogP contribution in [-0.2, 0) is 4.79 Å². The van der Waals surface area contributed by atoms with E-state index in [-0.39, 0.29) is 18.0 Å². The number of nitrogens with zero attached hydrogens (tertiary/aromatic N) is 2. The highest BCUT2D eigenvalue weighted by molar-refractivity contribution is 5.85. The molecule has 0 aromatic carbocycles. The Labute approximate surface area is 162 Å². The predicted octanol–water partition coefficient (Wildman–Crippen LogP) is 3.91. The SMILES string of the molecule is CC(=CCC(C)O)C(=O)O.CCN(CC)CC.CCN(CC)CC.Cl. The quantitative estimate of drug-likeness (QED) is 0.592. The van der Waals surface area contributed by atoms with E-state index in [0.717, 1.165) is 0 Å². The smallest absolute Gasteiger partial charge is 0.330 e. The van der Waals surface area contributed by atoms with Crippen LogP contribution in [0.3, 0.4) is 0 Å². The van der Waals surface area contributed by atoms with Crippen molar-refractivity contribution in [3.63, 3.8) is 0 Å². The van der Waals surface area contributed by atoms with E-state index in [4.69, 9.17) is 10.2 Å². The summed E-state index contributed by atoms with van der Waals surface area (Å²) in [6.45, 7) is 23.4. The van der Waals surface area contributed by atoms with E-state index < -0.39 is 12.1 Å². The van der Waals surface area contributed by atoms with Crippen molar-refractivity contribution < 1.29 is 15.0 Å². The lowest BCUT2D eigenvalue weighted by molar-refractivity contribution is -0.132. The normalized spacial score (nSPS) is 11.7. The maximum absolute atomic E-state index is 10.2. The highest BCUT2D eigenvalue weighted by Crippen LogP contribution is 1.98. The summed E-state index contributed by atoms with van der Waals surface area (Å²) in [5.74, 6) is -0.930. The first kappa shape index (κ1) is 32.1. The number of aliphatic hydroxyl groups is 1. The molecule has 0 radical (unpaired) electrons. The summed E-state index contributed by atoms with van der Waals surface area (Å²) < 4.78 is 0. The molecular formula is C19H43ClN2O3. The van der Waals surface area contributed by atoms with Gasteiger partial charge in [0, 0.05) is 5.57 Å². The second-order valence-electron chi connectivity index (χ2n) is 5.52. The first-order valence-corrected chi connectivity index (χ1v) is 9.26. The first-order chi connectivity index (χ1) is 11.2. The first-order valence-electron chi connectivity index (χ1n) is 9.26. The van der Waals surface area contributed by atoms with Gasteiger partial charge in [-0.05, 0) is 59.5 Å². The molecule has 0 heterocycles. The average molecular weight is 383 g/mol. The molecule has 0 fully saturated rings. The summed E-state index contributed by atoms with van der Waals surface area (Å²) in [6, 6.07) is 0. The molecule has 1 unspecified atom stereocenters. The van der Waals surface area contributed by atoms with Crippen LogP contribution >= 0.6 is 12.4 Å². The van der Waals surface area contributed by atoms with Crippen molar-refractivity contribution in [2.24, 2.45) is 0 Å². The topological polar surface area (TPSA) is 64.0 Å². The molecule has 0 aromatic rings. The molecule has 0 rings (SSSR count). The number of rotatable bonds is 9. The Morgan fingerprint density at radius 1 is 0.880 bits per heavy atom. The van der Waals surface area contributed by atoms with E-state index in [1.165, 1.54) is 52.3 Å².